The van der Waals surface area contributed by atoms with Crippen molar-refractivity contribution in [1.82, 2.24) is 10.2 Å². The van der Waals surface area contributed by atoms with E-state index in [1.165, 1.54) is 0 Å². The number of methoxy groups -OCH3 is 1. The maximum atomic E-state index is 12.4. The second-order valence-electron chi connectivity index (χ2n) is 6.29. The fourth-order valence-electron chi connectivity index (χ4n) is 2.85. The number of amides is 1. The van der Waals surface area contributed by atoms with E-state index in [1.54, 1.807) is 13.2 Å². The fraction of sp³-hybridized carbons (Fsp3) is 0.611. The Hall–Kier alpha value is -1.59. The first-order valence-electron chi connectivity index (χ1n) is 8.34. The zero-order valence-corrected chi connectivity index (χ0v) is 14.4. The molecule has 1 aromatic rings. The molecule has 1 saturated heterocycles. The van der Waals surface area contributed by atoms with E-state index in [-0.39, 0.29) is 5.91 Å². The molecule has 0 aliphatic carbocycles. The lowest BCUT2D eigenvalue weighted by atomic mass is 10.1. The first-order chi connectivity index (χ1) is 11.1. The Morgan fingerprint density at radius 3 is 2.83 bits per heavy atom. The van der Waals surface area contributed by atoms with Crippen LogP contribution in [0.2, 0.25) is 0 Å². The second kappa shape index (κ2) is 8.89. The minimum absolute atomic E-state index is 0.0685. The van der Waals surface area contributed by atoms with Crippen LogP contribution in [0.5, 0.6) is 5.75 Å². The highest BCUT2D eigenvalue weighted by molar-refractivity contribution is 5.96. The van der Waals surface area contributed by atoms with Crippen molar-refractivity contribution < 1.29 is 14.3 Å². The molecule has 5 nitrogen and oxygen atoms in total. The third-order valence-corrected chi connectivity index (χ3v) is 4.28. The summed E-state index contributed by atoms with van der Waals surface area (Å²) in [6.45, 7) is 8.27. The van der Waals surface area contributed by atoms with Crippen LogP contribution in [0, 0.1) is 5.92 Å². The third kappa shape index (κ3) is 5.22. The number of rotatable bonds is 8. The summed E-state index contributed by atoms with van der Waals surface area (Å²) in [6, 6.07) is 7.92. The average molecular weight is 320 g/mol. The van der Waals surface area contributed by atoms with Crippen LogP contribution in [-0.2, 0) is 4.74 Å². The Labute approximate surface area is 139 Å². The first kappa shape index (κ1) is 17.8. The van der Waals surface area contributed by atoms with Crippen molar-refractivity contribution in [3.8, 4) is 5.75 Å². The number of carbonyl (C=O) groups excluding carboxylic acids is 1. The third-order valence-electron chi connectivity index (χ3n) is 4.28. The van der Waals surface area contributed by atoms with Gasteiger partial charge in [-0.15, -0.1) is 0 Å². The van der Waals surface area contributed by atoms with Gasteiger partial charge in [-0.1, -0.05) is 12.1 Å². The molecule has 1 aromatic carbocycles. The molecule has 0 unspecified atom stereocenters. The van der Waals surface area contributed by atoms with Gasteiger partial charge in [-0.05, 0) is 44.9 Å². The van der Waals surface area contributed by atoms with Crippen LogP contribution in [0.4, 0.5) is 0 Å². The molecule has 0 spiro atoms. The van der Waals surface area contributed by atoms with E-state index in [1.807, 2.05) is 18.2 Å². The highest BCUT2D eigenvalue weighted by Crippen LogP contribution is 2.20. The molecule has 23 heavy (non-hydrogen) atoms. The van der Waals surface area contributed by atoms with E-state index >= 15 is 0 Å². The molecule has 1 N–H and O–H groups in total. The number of likely N-dealkylation sites (tertiary alicyclic amines) is 1. The van der Waals surface area contributed by atoms with E-state index in [4.69, 9.17) is 9.47 Å². The molecule has 1 amide bonds. The summed E-state index contributed by atoms with van der Waals surface area (Å²) in [4.78, 5) is 14.9. The van der Waals surface area contributed by atoms with Crippen molar-refractivity contribution in [3.05, 3.63) is 29.8 Å². The van der Waals surface area contributed by atoms with Gasteiger partial charge < -0.3 is 19.7 Å². The van der Waals surface area contributed by atoms with E-state index in [0.29, 0.717) is 43.0 Å². The summed E-state index contributed by atoms with van der Waals surface area (Å²) in [5, 5.41) is 3.05. The van der Waals surface area contributed by atoms with Gasteiger partial charge in [0.25, 0.3) is 5.91 Å². The quantitative estimate of drug-likeness (QED) is 0.746. The largest absolute Gasteiger partial charge is 0.490 e. The van der Waals surface area contributed by atoms with Crippen LogP contribution in [0.3, 0.4) is 0 Å². The van der Waals surface area contributed by atoms with Gasteiger partial charge in [0.05, 0.1) is 12.2 Å². The predicted octanol–water partition coefficient (Wildman–Crippen LogP) is 2.17. The van der Waals surface area contributed by atoms with E-state index in [9.17, 15) is 4.79 Å². The van der Waals surface area contributed by atoms with E-state index in [0.717, 1.165) is 19.5 Å². The Bertz CT molecular complexity index is 505. The van der Waals surface area contributed by atoms with E-state index < -0.39 is 0 Å². The van der Waals surface area contributed by atoms with Crippen LogP contribution in [0.15, 0.2) is 24.3 Å². The highest BCUT2D eigenvalue weighted by Gasteiger charge is 2.24. The Kier molecular flexibility index (Phi) is 6.86. The molecule has 0 aromatic heterocycles. The van der Waals surface area contributed by atoms with Gasteiger partial charge >= 0.3 is 0 Å². The normalized spacial score (nSPS) is 18.3. The molecule has 1 fully saturated rings. The molecule has 5 heteroatoms. The van der Waals surface area contributed by atoms with Crippen molar-refractivity contribution in [2.45, 2.75) is 26.3 Å². The summed E-state index contributed by atoms with van der Waals surface area (Å²) in [5.41, 5.74) is 0.585. The minimum atomic E-state index is -0.0685. The molecule has 0 saturated carbocycles. The number of hydrogen-bond acceptors (Lipinski definition) is 4. The number of ether oxygens (including phenoxy) is 2. The SMILES string of the molecule is COCCOc1ccccc1C(=O)NC[C@@H]1CCN(C(C)C)C1. The van der Waals surface area contributed by atoms with Crippen molar-refractivity contribution in [2.75, 3.05) is 40.0 Å². The van der Waals surface area contributed by atoms with Crippen LogP contribution < -0.4 is 10.1 Å². The lowest BCUT2D eigenvalue weighted by Crippen LogP contribution is -2.33. The molecule has 0 radical (unpaired) electrons. The molecule has 0 bridgehead atoms. The molecule has 1 heterocycles. The average Bonchev–Trinajstić information content (AvgIpc) is 3.02. The van der Waals surface area contributed by atoms with Crippen LogP contribution in [-0.4, -0.2) is 56.8 Å². The predicted molar refractivity (Wildman–Crippen MR) is 91.0 cm³/mol. The van der Waals surface area contributed by atoms with Gasteiger partial charge in [-0.2, -0.15) is 0 Å². The maximum Gasteiger partial charge on any atom is 0.255 e. The van der Waals surface area contributed by atoms with Crippen LogP contribution in [0.1, 0.15) is 30.6 Å². The molecule has 2 rings (SSSR count). The Morgan fingerprint density at radius 2 is 2.13 bits per heavy atom. The lowest BCUT2D eigenvalue weighted by Gasteiger charge is -2.20. The van der Waals surface area contributed by atoms with Crippen molar-refractivity contribution in [2.24, 2.45) is 5.92 Å². The summed E-state index contributed by atoms with van der Waals surface area (Å²) in [7, 11) is 1.63. The molecular formula is C18H28N2O3. The maximum absolute atomic E-state index is 12.4. The van der Waals surface area contributed by atoms with Gasteiger partial charge in [0.1, 0.15) is 12.4 Å². The molecule has 1 atom stereocenters. The number of hydrogen-bond donors (Lipinski definition) is 1. The van der Waals surface area contributed by atoms with Gasteiger partial charge in [-0.25, -0.2) is 0 Å². The molecule has 1 aliphatic rings. The molecule has 128 valence electrons. The van der Waals surface area contributed by atoms with Gasteiger partial charge in [0, 0.05) is 26.2 Å². The molecular weight excluding hydrogens is 292 g/mol. The molecule has 1 aliphatic heterocycles. The zero-order chi connectivity index (χ0) is 16.7. The fourth-order valence-corrected chi connectivity index (χ4v) is 2.85. The van der Waals surface area contributed by atoms with Crippen molar-refractivity contribution in [1.29, 1.82) is 0 Å². The van der Waals surface area contributed by atoms with Crippen LogP contribution >= 0.6 is 0 Å². The lowest BCUT2D eigenvalue weighted by molar-refractivity contribution is 0.0939. The second-order valence-corrected chi connectivity index (χ2v) is 6.29. The van der Waals surface area contributed by atoms with Gasteiger partial charge in [-0.3, -0.25) is 4.79 Å². The number of benzene rings is 1. The smallest absolute Gasteiger partial charge is 0.255 e. The Morgan fingerprint density at radius 1 is 1.35 bits per heavy atom. The van der Waals surface area contributed by atoms with Gasteiger partial charge in [0.15, 0.2) is 0 Å². The first-order valence-corrected chi connectivity index (χ1v) is 8.34. The van der Waals surface area contributed by atoms with Gasteiger partial charge in [0.2, 0.25) is 0 Å². The minimum Gasteiger partial charge on any atom is -0.490 e. The summed E-state index contributed by atoms with van der Waals surface area (Å²) >= 11 is 0. The summed E-state index contributed by atoms with van der Waals surface area (Å²) in [6.07, 6.45) is 1.14. The van der Waals surface area contributed by atoms with Crippen molar-refractivity contribution >= 4 is 5.91 Å². The zero-order valence-electron chi connectivity index (χ0n) is 14.4. The van der Waals surface area contributed by atoms with Crippen LogP contribution in [0.25, 0.3) is 0 Å². The topological polar surface area (TPSA) is 50.8 Å². The number of nitrogens with one attached hydrogen (secondary N) is 1. The summed E-state index contributed by atoms with van der Waals surface area (Å²) in [5.74, 6) is 1.07. The van der Waals surface area contributed by atoms with Crippen molar-refractivity contribution in [3.63, 3.8) is 0 Å². The number of carbonyl (C=O) groups is 1. The number of para-hydroxylation sites is 1. The highest BCUT2D eigenvalue weighted by atomic mass is 16.5. The standard InChI is InChI=1S/C18H28N2O3/c1-14(2)20-9-8-15(13-20)12-19-18(21)16-6-4-5-7-17(16)23-11-10-22-3/h4-7,14-15H,8-13H2,1-3H3,(H,19,21)/t15-/m0/s1. The number of nitrogens with zero attached hydrogens (tertiary/aromatic N) is 1. The monoisotopic (exact) mass is 320 g/mol. The van der Waals surface area contributed by atoms with E-state index in [2.05, 4.69) is 24.1 Å². The summed E-state index contributed by atoms with van der Waals surface area (Å²) < 4.78 is 10.6. The Balaban J connectivity index is 1.86.